The Hall–Kier alpha value is -3.55. The lowest BCUT2D eigenvalue weighted by molar-refractivity contribution is -0.141. The van der Waals surface area contributed by atoms with Crippen LogP contribution in [0.3, 0.4) is 0 Å². The van der Waals surface area contributed by atoms with Gasteiger partial charge in [-0.15, -0.1) is 0 Å². The van der Waals surface area contributed by atoms with Crippen molar-refractivity contribution in [3.63, 3.8) is 0 Å². The molecule has 0 bridgehead atoms. The number of benzene rings is 2. The van der Waals surface area contributed by atoms with Crippen molar-refractivity contribution in [3.05, 3.63) is 65.7 Å². The van der Waals surface area contributed by atoms with E-state index in [1.54, 1.807) is 24.3 Å². The number of hydrogen-bond donors (Lipinski definition) is 4. The summed E-state index contributed by atoms with van der Waals surface area (Å²) in [6.07, 6.45) is -0.704. The fourth-order valence-electron chi connectivity index (χ4n) is 2.36. The number of hydrogen-bond acceptors (Lipinski definition) is 5. The number of carbonyl (C=O) groups is 3. The molecular weight excluding hydrogens is 364 g/mol. The zero-order chi connectivity index (χ0) is 20.5. The first-order chi connectivity index (χ1) is 13.3. The van der Waals surface area contributed by atoms with E-state index in [9.17, 15) is 19.5 Å². The standard InChI is InChI=1S/C20H22N2O6/c1-13(19(25)26)21-18(24)17(11-14-7-9-16(23)10-8-14)22-20(27)28-12-15-5-3-2-4-6-15/h2-10,13,17,23H,11-12H2,1H3,(H,21,24)(H,22,27)(H,25,26)/t13-,17?/m1/s1. The van der Waals surface area contributed by atoms with Crippen molar-refractivity contribution in [2.75, 3.05) is 0 Å². The summed E-state index contributed by atoms with van der Waals surface area (Å²) in [7, 11) is 0. The third kappa shape index (κ3) is 6.64. The molecule has 0 fully saturated rings. The Morgan fingerprint density at radius 3 is 2.21 bits per heavy atom. The highest BCUT2D eigenvalue weighted by Gasteiger charge is 2.25. The minimum atomic E-state index is -1.19. The maximum Gasteiger partial charge on any atom is 0.408 e. The molecule has 148 valence electrons. The Bertz CT molecular complexity index is 807. The van der Waals surface area contributed by atoms with Gasteiger partial charge < -0.3 is 25.6 Å². The third-order valence-electron chi connectivity index (χ3n) is 3.93. The molecule has 2 amide bonds. The maximum atomic E-state index is 12.4. The molecular formula is C20H22N2O6. The number of phenolic OH excluding ortho intramolecular Hbond substituents is 1. The molecule has 0 aliphatic carbocycles. The van der Waals surface area contributed by atoms with Gasteiger partial charge >= 0.3 is 12.1 Å². The lowest BCUT2D eigenvalue weighted by Gasteiger charge is -2.20. The lowest BCUT2D eigenvalue weighted by atomic mass is 10.0. The molecule has 1 unspecified atom stereocenters. The molecule has 0 saturated heterocycles. The number of carboxylic acid groups (broad SMARTS) is 1. The molecule has 0 aliphatic rings. The number of amides is 2. The van der Waals surface area contributed by atoms with Crippen LogP contribution in [0, 0.1) is 0 Å². The van der Waals surface area contributed by atoms with Crippen LogP contribution in [0.4, 0.5) is 4.79 Å². The van der Waals surface area contributed by atoms with E-state index in [0.29, 0.717) is 5.56 Å². The summed E-state index contributed by atoms with van der Waals surface area (Å²) in [6.45, 7) is 1.36. The molecule has 0 radical (unpaired) electrons. The summed E-state index contributed by atoms with van der Waals surface area (Å²) in [4.78, 5) is 35.6. The first-order valence-electron chi connectivity index (χ1n) is 8.63. The van der Waals surface area contributed by atoms with Gasteiger partial charge in [0.15, 0.2) is 0 Å². The zero-order valence-electron chi connectivity index (χ0n) is 15.3. The highest BCUT2D eigenvalue weighted by atomic mass is 16.5. The van der Waals surface area contributed by atoms with Crippen molar-refractivity contribution < 1.29 is 29.3 Å². The van der Waals surface area contributed by atoms with Gasteiger partial charge in [-0.2, -0.15) is 0 Å². The summed E-state index contributed by atoms with van der Waals surface area (Å²) in [5.74, 6) is -1.78. The minimum absolute atomic E-state index is 0.0335. The molecule has 2 aromatic carbocycles. The summed E-state index contributed by atoms with van der Waals surface area (Å²) in [6, 6.07) is 13.0. The van der Waals surface area contributed by atoms with E-state index < -0.39 is 30.1 Å². The average Bonchev–Trinajstić information content (AvgIpc) is 2.68. The Labute approximate surface area is 162 Å². The fourth-order valence-corrected chi connectivity index (χ4v) is 2.36. The summed E-state index contributed by atoms with van der Waals surface area (Å²) >= 11 is 0. The van der Waals surface area contributed by atoms with Gasteiger partial charge in [-0.3, -0.25) is 9.59 Å². The highest BCUT2D eigenvalue weighted by Crippen LogP contribution is 2.12. The van der Waals surface area contributed by atoms with E-state index in [0.717, 1.165) is 5.56 Å². The van der Waals surface area contributed by atoms with Gasteiger partial charge in [-0.1, -0.05) is 42.5 Å². The fraction of sp³-hybridized carbons (Fsp3) is 0.250. The van der Waals surface area contributed by atoms with Crippen LogP contribution in [-0.2, 0) is 27.4 Å². The number of carboxylic acids is 1. The Kier molecular flexibility index (Phi) is 7.38. The van der Waals surface area contributed by atoms with Gasteiger partial charge in [0.1, 0.15) is 24.4 Å². The summed E-state index contributed by atoms with van der Waals surface area (Å²) < 4.78 is 5.13. The highest BCUT2D eigenvalue weighted by molar-refractivity contribution is 5.89. The van der Waals surface area contributed by atoms with Crippen molar-refractivity contribution >= 4 is 18.0 Å². The SMILES string of the molecule is C[C@@H](NC(=O)C(Cc1ccc(O)cc1)NC(=O)OCc1ccccc1)C(=O)O. The van der Waals surface area contributed by atoms with Gasteiger partial charge in [0.2, 0.25) is 5.91 Å². The van der Waals surface area contributed by atoms with Crippen molar-refractivity contribution in [2.45, 2.75) is 32.0 Å². The molecule has 0 aliphatic heterocycles. The van der Waals surface area contributed by atoms with E-state index in [1.165, 1.54) is 19.1 Å². The minimum Gasteiger partial charge on any atom is -0.508 e. The van der Waals surface area contributed by atoms with Crippen LogP contribution in [0.15, 0.2) is 54.6 Å². The summed E-state index contributed by atoms with van der Waals surface area (Å²) in [5, 5.41) is 23.1. The molecule has 8 nitrogen and oxygen atoms in total. The second-order valence-corrected chi connectivity index (χ2v) is 6.20. The largest absolute Gasteiger partial charge is 0.508 e. The lowest BCUT2D eigenvalue weighted by Crippen LogP contribution is -2.51. The second-order valence-electron chi connectivity index (χ2n) is 6.20. The molecule has 2 atom stereocenters. The van der Waals surface area contributed by atoms with Gasteiger partial charge in [-0.05, 0) is 30.2 Å². The number of phenols is 1. The van der Waals surface area contributed by atoms with Crippen LogP contribution in [0.5, 0.6) is 5.75 Å². The number of rotatable bonds is 8. The quantitative estimate of drug-likeness (QED) is 0.548. The van der Waals surface area contributed by atoms with Crippen LogP contribution in [-0.4, -0.2) is 40.3 Å². The van der Waals surface area contributed by atoms with Crippen molar-refractivity contribution in [2.24, 2.45) is 0 Å². The van der Waals surface area contributed by atoms with Gasteiger partial charge in [0.05, 0.1) is 0 Å². The molecule has 2 rings (SSSR count). The molecule has 2 aromatic rings. The van der Waals surface area contributed by atoms with E-state index >= 15 is 0 Å². The smallest absolute Gasteiger partial charge is 0.408 e. The molecule has 0 aromatic heterocycles. The van der Waals surface area contributed by atoms with Crippen LogP contribution < -0.4 is 10.6 Å². The van der Waals surface area contributed by atoms with E-state index in [2.05, 4.69) is 10.6 Å². The van der Waals surface area contributed by atoms with Crippen LogP contribution in [0.2, 0.25) is 0 Å². The summed E-state index contributed by atoms with van der Waals surface area (Å²) in [5.41, 5.74) is 1.46. The first kappa shape index (κ1) is 20.8. The monoisotopic (exact) mass is 386 g/mol. The van der Waals surface area contributed by atoms with Crippen LogP contribution >= 0.6 is 0 Å². The van der Waals surface area contributed by atoms with Crippen molar-refractivity contribution in [1.82, 2.24) is 10.6 Å². The van der Waals surface area contributed by atoms with Gasteiger partial charge in [0.25, 0.3) is 0 Å². The molecule has 28 heavy (non-hydrogen) atoms. The third-order valence-corrected chi connectivity index (χ3v) is 3.93. The number of aliphatic carboxylic acids is 1. The van der Waals surface area contributed by atoms with Crippen LogP contribution in [0.25, 0.3) is 0 Å². The normalized spacial score (nSPS) is 12.5. The Morgan fingerprint density at radius 2 is 1.61 bits per heavy atom. The van der Waals surface area contributed by atoms with Crippen LogP contribution in [0.1, 0.15) is 18.1 Å². The predicted octanol–water partition coefficient (Wildman–Crippen LogP) is 1.82. The van der Waals surface area contributed by atoms with Gasteiger partial charge in [-0.25, -0.2) is 4.79 Å². The average molecular weight is 386 g/mol. The second kappa shape index (κ2) is 9.96. The van der Waals surface area contributed by atoms with E-state index in [1.807, 2.05) is 18.2 Å². The topological polar surface area (TPSA) is 125 Å². The molecule has 0 saturated carbocycles. The zero-order valence-corrected chi connectivity index (χ0v) is 15.3. The Balaban J connectivity index is 2.03. The first-order valence-corrected chi connectivity index (χ1v) is 8.63. The number of alkyl carbamates (subject to hydrolysis) is 1. The maximum absolute atomic E-state index is 12.4. The number of aromatic hydroxyl groups is 1. The van der Waals surface area contributed by atoms with Gasteiger partial charge in [0, 0.05) is 6.42 Å². The number of ether oxygens (including phenoxy) is 1. The van der Waals surface area contributed by atoms with E-state index in [-0.39, 0.29) is 18.8 Å². The Morgan fingerprint density at radius 1 is 0.964 bits per heavy atom. The van der Waals surface area contributed by atoms with Crippen molar-refractivity contribution in [1.29, 1.82) is 0 Å². The predicted molar refractivity (Wildman–Crippen MR) is 101 cm³/mol. The number of nitrogens with one attached hydrogen (secondary N) is 2. The molecule has 0 spiro atoms. The molecule has 8 heteroatoms. The molecule has 0 heterocycles. The molecule has 4 N–H and O–H groups in total. The van der Waals surface area contributed by atoms with Crippen molar-refractivity contribution in [3.8, 4) is 5.75 Å². The van der Waals surface area contributed by atoms with E-state index in [4.69, 9.17) is 9.84 Å². The number of carbonyl (C=O) groups excluding carboxylic acids is 2.